The van der Waals surface area contributed by atoms with Crippen molar-refractivity contribution in [3.63, 3.8) is 0 Å². The molecule has 2 atom stereocenters. The number of benzene rings is 14. The maximum atomic E-state index is 16.2. The Kier molecular flexibility index (Phi) is 17.4. The van der Waals surface area contributed by atoms with Gasteiger partial charge in [0.1, 0.15) is 34.6 Å². The maximum Gasteiger partial charge on any atom is 0.128 e. The van der Waals surface area contributed by atoms with Crippen LogP contribution in [0.1, 0.15) is 119 Å². The normalized spacial score (nSPS) is 14.8. The van der Waals surface area contributed by atoms with E-state index in [9.17, 15) is 0 Å². The molecule has 16 rings (SSSR count). The second kappa shape index (κ2) is 27.0. The molecule has 0 aliphatic heterocycles. The molecule has 106 heavy (non-hydrogen) atoms. The highest BCUT2D eigenvalue weighted by atomic mass is 19.1. The highest BCUT2D eigenvalue weighted by Gasteiger charge is 2.48. The summed E-state index contributed by atoms with van der Waals surface area (Å²) >= 11 is 0. The van der Waals surface area contributed by atoms with Crippen LogP contribution in [0.25, 0.3) is 45.5 Å². The Bertz CT molecular complexity index is 5300. The van der Waals surface area contributed by atoms with Crippen molar-refractivity contribution in [3.05, 3.63) is 418 Å². The fourth-order valence-corrected chi connectivity index (χ4v) is 15.9. The summed E-state index contributed by atoms with van der Waals surface area (Å²) in [4.78, 5) is 4.33. The second-order valence-electron chi connectivity index (χ2n) is 30.1. The van der Waals surface area contributed by atoms with E-state index >= 15 is 8.78 Å². The predicted molar refractivity (Wildman–Crippen MR) is 436 cm³/mol. The third-order valence-electron chi connectivity index (χ3n) is 21.6. The number of anilines is 6. The summed E-state index contributed by atoms with van der Waals surface area (Å²) in [6.07, 6.45) is 3.65. The summed E-state index contributed by atoms with van der Waals surface area (Å²) in [5, 5.41) is 0. The Morgan fingerprint density at radius 1 is 0.302 bits per heavy atom. The molecule has 0 bridgehead atoms. The van der Waals surface area contributed by atoms with Crippen molar-refractivity contribution in [2.45, 2.75) is 77.0 Å². The lowest BCUT2D eigenvalue weighted by Gasteiger charge is -2.35. The standard InChI is InChI=1S/C100H82F2N2O2/c1-11-67-23-51-83(52-24-67)105-85-55-39-75(40-56-85)99(73-35-31-71(32-36-73)97(5,6)7)91-19-15-13-17-87(91)89-59-49-79(61-93(89)99)103(81-43-21-65(3)95(101)63-81)77-45-27-69(28-46-77)70-29-47-78(48-30-70)104(82-44-22-66(4)96(102)64-82)80-50-60-90-88-18-14-16-20-92(88)100(94(90)62-80,74-37-33-72(34-38-74)98(8,9)10)76-41-57-86(58-42-76)106-84-53-25-68(12-2)26-54-84/h11-64H,1-2H2,3-10H3. The molecule has 4 nitrogen and oxygen atoms in total. The van der Waals surface area contributed by atoms with Gasteiger partial charge in [-0.15, -0.1) is 0 Å². The molecule has 0 fully saturated rings. The average Bonchev–Trinajstić information content (AvgIpc) is 1.54. The third-order valence-corrected chi connectivity index (χ3v) is 21.6. The molecular formula is C100H82F2N2O2. The van der Waals surface area contributed by atoms with E-state index in [-0.39, 0.29) is 22.5 Å². The van der Waals surface area contributed by atoms with Crippen molar-refractivity contribution < 1.29 is 18.3 Å². The Hall–Kier alpha value is -12.4. The summed E-state index contributed by atoms with van der Waals surface area (Å²) in [6, 6.07) is 110. The van der Waals surface area contributed by atoms with Crippen LogP contribution in [-0.4, -0.2) is 0 Å². The van der Waals surface area contributed by atoms with E-state index in [0.717, 1.165) is 124 Å². The average molecular weight is 1380 g/mol. The molecule has 2 aliphatic carbocycles. The fraction of sp³-hybridized carbons (Fsp3) is 0.120. The number of rotatable bonds is 17. The Balaban J connectivity index is 0.784. The van der Waals surface area contributed by atoms with E-state index in [1.807, 2.05) is 84.9 Å². The smallest absolute Gasteiger partial charge is 0.128 e. The van der Waals surface area contributed by atoms with Crippen LogP contribution >= 0.6 is 0 Å². The van der Waals surface area contributed by atoms with Gasteiger partial charge in [0.25, 0.3) is 0 Å². The van der Waals surface area contributed by atoms with Gasteiger partial charge in [0.15, 0.2) is 0 Å². The minimum absolute atomic E-state index is 0.0670. The van der Waals surface area contributed by atoms with Gasteiger partial charge >= 0.3 is 0 Å². The molecule has 0 aromatic heterocycles. The van der Waals surface area contributed by atoms with E-state index < -0.39 is 10.8 Å². The summed E-state index contributed by atoms with van der Waals surface area (Å²) in [7, 11) is 0. The van der Waals surface area contributed by atoms with E-state index in [2.05, 4.69) is 295 Å². The molecule has 518 valence electrons. The van der Waals surface area contributed by atoms with E-state index in [4.69, 9.17) is 9.47 Å². The van der Waals surface area contributed by atoms with Gasteiger partial charge in [-0.3, -0.25) is 0 Å². The molecule has 6 heteroatoms. The van der Waals surface area contributed by atoms with E-state index in [0.29, 0.717) is 22.5 Å². The molecule has 14 aromatic rings. The van der Waals surface area contributed by atoms with Crippen molar-refractivity contribution in [1.29, 1.82) is 0 Å². The van der Waals surface area contributed by atoms with Gasteiger partial charge in [0.05, 0.1) is 10.8 Å². The lowest BCUT2D eigenvalue weighted by atomic mass is 9.67. The van der Waals surface area contributed by atoms with Gasteiger partial charge in [0, 0.05) is 34.1 Å². The van der Waals surface area contributed by atoms with Gasteiger partial charge in [-0.05, 0) is 257 Å². The van der Waals surface area contributed by atoms with Crippen molar-refractivity contribution in [2.75, 3.05) is 9.80 Å². The van der Waals surface area contributed by atoms with Crippen LogP contribution in [0.4, 0.5) is 42.9 Å². The summed E-state index contributed by atoms with van der Waals surface area (Å²) in [6.45, 7) is 25.0. The topological polar surface area (TPSA) is 24.9 Å². The molecule has 0 spiro atoms. The van der Waals surface area contributed by atoms with Crippen molar-refractivity contribution in [2.24, 2.45) is 0 Å². The van der Waals surface area contributed by atoms with E-state index in [1.165, 1.54) is 22.3 Å². The molecular weight excluding hydrogens is 1300 g/mol. The van der Waals surface area contributed by atoms with Gasteiger partial charge in [-0.2, -0.15) is 0 Å². The third kappa shape index (κ3) is 12.1. The van der Waals surface area contributed by atoms with Crippen LogP contribution in [-0.2, 0) is 21.7 Å². The van der Waals surface area contributed by atoms with Crippen molar-refractivity contribution >= 4 is 46.3 Å². The summed E-state index contributed by atoms with van der Waals surface area (Å²) < 4.78 is 45.4. The van der Waals surface area contributed by atoms with Crippen LogP contribution in [0.15, 0.2) is 329 Å². The predicted octanol–water partition coefficient (Wildman–Crippen LogP) is 27.4. The number of hydrogen-bond acceptors (Lipinski definition) is 4. The zero-order valence-electron chi connectivity index (χ0n) is 61.1. The lowest BCUT2D eigenvalue weighted by Crippen LogP contribution is -2.29. The Morgan fingerprint density at radius 2 is 0.585 bits per heavy atom. The van der Waals surface area contributed by atoms with Gasteiger partial charge in [-0.25, -0.2) is 8.78 Å². The zero-order chi connectivity index (χ0) is 73.2. The first-order chi connectivity index (χ1) is 51.3. The molecule has 14 aromatic carbocycles. The van der Waals surface area contributed by atoms with Crippen LogP contribution in [0.5, 0.6) is 23.0 Å². The van der Waals surface area contributed by atoms with Gasteiger partial charge in [0.2, 0.25) is 0 Å². The minimum atomic E-state index is -0.772. The largest absolute Gasteiger partial charge is 0.457 e. The summed E-state index contributed by atoms with van der Waals surface area (Å²) in [5.74, 6) is 2.35. The van der Waals surface area contributed by atoms with E-state index in [1.54, 1.807) is 26.0 Å². The minimum Gasteiger partial charge on any atom is -0.457 e. The fourth-order valence-electron chi connectivity index (χ4n) is 15.9. The number of ether oxygens (including phenoxy) is 2. The summed E-state index contributed by atoms with van der Waals surface area (Å²) in [5.41, 5.74) is 24.3. The van der Waals surface area contributed by atoms with Crippen molar-refractivity contribution in [1.82, 2.24) is 0 Å². The molecule has 2 unspecified atom stereocenters. The molecule has 0 radical (unpaired) electrons. The highest BCUT2D eigenvalue weighted by molar-refractivity contribution is 5.92. The first kappa shape index (κ1) is 68.1. The highest BCUT2D eigenvalue weighted by Crippen LogP contribution is 2.60. The quantitative estimate of drug-likeness (QED) is 0.0907. The molecule has 0 amide bonds. The van der Waals surface area contributed by atoms with Crippen LogP contribution in [0.2, 0.25) is 0 Å². The molecule has 0 saturated carbocycles. The number of hydrogen-bond donors (Lipinski definition) is 0. The first-order valence-electron chi connectivity index (χ1n) is 36.4. The first-order valence-corrected chi connectivity index (χ1v) is 36.4. The van der Waals surface area contributed by atoms with Crippen LogP contribution < -0.4 is 19.3 Å². The Labute approximate surface area is 622 Å². The monoisotopic (exact) mass is 1380 g/mol. The lowest BCUT2D eigenvalue weighted by molar-refractivity contribution is 0.482. The van der Waals surface area contributed by atoms with Crippen molar-refractivity contribution in [3.8, 4) is 56.4 Å². The van der Waals surface area contributed by atoms with Gasteiger partial charge < -0.3 is 19.3 Å². The maximum absolute atomic E-state index is 16.2. The number of fused-ring (bicyclic) bond motifs is 6. The zero-order valence-corrected chi connectivity index (χ0v) is 61.1. The number of halogens is 2. The molecule has 2 aliphatic rings. The molecule has 0 saturated heterocycles. The Morgan fingerprint density at radius 3 is 0.906 bits per heavy atom. The molecule has 0 heterocycles. The SMILES string of the molecule is C=Cc1ccc(Oc2ccc(C3(c4ccc(C(C)(C)C)cc4)c4ccccc4-c4ccc(N(c5ccc(-c6ccc(N(c7ccc(C)c(F)c7)c7ccc8c(c7)C(c7ccc(Oc9ccc(C=C)cc9)cc7)(c7ccc(C(C)(C)C)cc7)c7ccccc7-8)cc6)cc5)c5ccc(C)c(F)c5)cc43)cc2)cc1. The number of nitrogens with zero attached hydrogens (tertiary/aromatic N) is 2. The van der Waals surface area contributed by atoms with Crippen LogP contribution in [0.3, 0.4) is 0 Å². The second-order valence-corrected chi connectivity index (χ2v) is 30.1. The number of aryl methyl sites for hydroxylation is 2. The van der Waals surface area contributed by atoms with Gasteiger partial charge in [-0.1, -0.05) is 261 Å². The van der Waals surface area contributed by atoms with Crippen LogP contribution in [0, 0.1) is 25.5 Å². The molecule has 0 N–H and O–H groups in total.